The summed E-state index contributed by atoms with van der Waals surface area (Å²) in [7, 11) is 0. The fourth-order valence-electron chi connectivity index (χ4n) is 3.01. The molecule has 0 bridgehead atoms. The monoisotopic (exact) mass is 457 g/mol. The molecule has 1 saturated heterocycles. The number of guanidine groups is 1. The van der Waals surface area contributed by atoms with E-state index in [1.165, 1.54) is 12.0 Å². The van der Waals surface area contributed by atoms with Crippen LogP contribution in [0.1, 0.15) is 13.3 Å². The van der Waals surface area contributed by atoms with Gasteiger partial charge < -0.3 is 15.5 Å². The van der Waals surface area contributed by atoms with Crippen molar-refractivity contribution in [1.82, 2.24) is 19.8 Å². The van der Waals surface area contributed by atoms with Crippen molar-refractivity contribution in [2.75, 3.05) is 57.3 Å². The largest absolute Gasteiger partial charge is 0.370 e. The second-order valence-corrected chi connectivity index (χ2v) is 6.36. The van der Waals surface area contributed by atoms with Crippen LogP contribution >= 0.6 is 24.0 Å². The molecule has 1 aromatic rings. The zero-order valence-electron chi connectivity index (χ0n) is 14.8. The molecule has 3 heterocycles. The molecule has 8 heteroatoms. The topological polar surface area (TPSA) is 73.9 Å². The number of aliphatic imine (C=N–C) groups is 1. The maximum absolute atomic E-state index is 6.17. The Morgan fingerprint density at radius 1 is 1.16 bits per heavy atom. The van der Waals surface area contributed by atoms with E-state index in [0.717, 1.165) is 58.3 Å². The van der Waals surface area contributed by atoms with E-state index >= 15 is 0 Å². The lowest BCUT2D eigenvalue weighted by atomic mass is 10.1. The quantitative estimate of drug-likeness (QED) is 0.317. The van der Waals surface area contributed by atoms with Gasteiger partial charge in [0.25, 0.3) is 0 Å². The first-order chi connectivity index (χ1) is 11.7. The van der Waals surface area contributed by atoms with E-state index in [2.05, 4.69) is 42.7 Å². The summed E-state index contributed by atoms with van der Waals surface area (Å²) in [5.41, 5.74) is 7.66. The fraction of sp³-hybridized carbons (Fsp3) is 0.588. The molecule has 2 aliphatic heterocycles. The van der Waals surface area contributed by atoms with Crippen LogP contribution in [0, 0.1) is 0 Å². The second-order valence-electron chi connectivity index (χ2n) is 6.36. The van der Waals surface area contributed by atoms with E-state index < -0.39 is 0 Å². The SMILES string of the molecule is CC1=CCN(CCN=C(N)N2CCN(c3ncccn3)CC2)CC1.I. The van der Waals surface area contributed by atoms with Gasteiger partial charge in [0.2, 0.25) is 5.95 Å². The van der Waals surface area contributed by atoms with Gasteiger partial charge in [-0.15, -0.1) is 24.0 Å². The fourth-order valence-corrected chi connectivity index (χ4v) is 3.01. The number of aromatic nitrogens is 2. The molecule has 1 fully saturated rings. The van der Waals surface area contributed by atoms with Crippen molar-refractivity contribution in [2.24, 2.45) is 10.7 Å². The lowest BCUT2D eigenvalue weighted by molar-refractivity contribution is 0.301. The minimum atomic E-state index is 0. The van der Waals surface area contributed by atoms with Gasteiger partial charge in [-0.25, -0.2) is 9.97 Å². The molecule has 0 radical (unpaired) electrons. The number of hydrogen-bond donors (Lipinski definition) is 1. The predicted molar refractivity (Wildman–Crippen MR) is 113 cm³/mol. The molecule has 0 aliphatic carbocycles. The van der Waals surface area contributed by atoms with E-state index in [0.29, 0.717) is 5.96 Å². The number of halogens is 1. The first-order valence-electron chi connectivity index (χ1n) is 8.67. The van der Waals surface area contributed by atoms with E-state index in [4.69, 9.17) is 5.73 Å². The van der Waals surface area contributed by atoms with E-state index in [1.54, 1.807) is 12.4 Å². The molecule has 2 aliphatic rings. The molecule has 0 spiro atoms. The number of hydrogen-bond acceptors (Lipinski definition) is 5. The van der Waals surface area contributed by atoms with Crippen molar-refractivity contribution in [3.05, 3.63) is 30.1 Å². The van der Waals surface area contributed by atoms with Crippen molar-refractivity contribution >= 4 is 35.9 Å². The predicted octanol–water partition coefficient (Wildman–Crippen LogP) is 1.18. The second kappa shape index (κ2) is 9.91. The van der Waals surface area contributed by atoms with Crippen LogP contribution in [0.3, 0.4) is 0 Å². The molecule has 0 amide bonds. The highest BCUT2D eigenvalue weighted by Crippen LogP contribution is 2.10. The lowest BCUT2D eigenvalue weighted by Gasteiger charge is -2.35. The number of rotatable bonds is 4. The minimum Gasteiger partial charge on any atom is -0.370 e. The van der Waals surface area contributed by atoms with Crippen LogP contribution in [0.2, 0.25) is 0 Å². The standard InChI is InChI=1S/C17H27N7.HI/c1-15-3-8-22(9-4-15)10-7-19-16(18)23-11-13-24(14-12-23)17-20-5-2-6-21-17;/h2-3,5-6H,4,7-14H2,1H3,(H2,18,19);1H. The molecule has 0 aromatic carbocycles. The third-order valence-electron chi connectivity index (χ3n) is 4.65. The number of piperazine rings is 1. The van der Waals surface area contributed by atoms with Gasteiger partial charge in [-0.05, 0) is 19.4 Å². The van der Waals surface area contributed by atoms with Gasteiger partial charge in [0.1, 0.15) is 0 Å². The van der Waals surface area contributed by atoms with Gasteiger partial charge in [0.05, 0.1) is 6.54 Å². The third-order valence-corrected chi connectivity index (χ3v) is 4.65. The van der Waals surface area contributed by atoms with Crippen molar-refractivity contribution in [2.45, 2.75) is 13.3 Å². The highest BCUT2D eigenvalue weighted by atomic mass is 127. The highest BCUT2D eigenvalue weighted by molar-refractivity contribution is 14.0. The van der Waals surface area contributed by atoms with Gasteiger partial charge in [-0.2, -0.15) is 0 Å². The molecule has 0 saturated carbocycles. The summed E-state index contributed by atoms with van der Waals surface area (Å²) < 4.78 is 0. The summed E-state index contributed by atoms with van der Waals surface area (Å²) in [6.45, 7) is 9.58. The molecule has 0 atom stereocenters. The first kappa shape index (κ1) is 19.9. The van der Waals surface area contributed by atoms with Gasteiger partial charge >= 0.3 is 0 Å². The van der Waals surface area contributed by atoms with Crippen molar-refractivity contribution in [3.63, 3.8) is 0 Å². The Kier molecular flexibility index (Phi) is 7.89. The van der Waals surface area contributed by atoms with Gasteiger partial charge in [-0.3, -0.25) is 9.89 Å². The molecule has 3 rings (SSSR count). The molecular weight excluding hydrogens is 429 g/mol. The Labute approximate surface area is 167 Å². The van der Waals surface area contributed by atoms with Crippen molar-refractivity contribution < 1.29 is 0 Å². The van der Waals surface area contributed by atoms with E-state index in [9.17, 15) is 0 Å². The van der Waals surface area contributed by atoms with Gasteiger partial charge in [0, 0.05) is 58.2 Å². The Morgan fingerprint density at radius 2 is 1.88 bits per heavy atom. The normalized spacial score (nSPS) is 19.4. The van der Waals surface area contributed by atoms with Crippen LogP contribution in [0.5, 0.6) is 0 Å². The molecule has 25 heavy (non-hydrogen) atoms. The summed E-state index contributed by atoms with van der Waals surface area (Å²) in [5, 5.41) is 0. The number of nitrogens with two attached hydrogens (primary N) is 1. The number of anilines is 1. The lowest BCUT2D eigenvalue weighted by Crippen LogP contribution is -2.51. The Bertz CT molecular complexity index is 582. The van der Waals surface area contributed by atoms with Crippen LogP contribution in [0.15, 0.2) is 35.1 Å². The summed E-state index contributed by atoms with van der Waals surface area (Å²) in [5.74, 6) is 1.45. The van der Waals surface area contributed by atoms with Crippen LogP contribution < -0.4 is 10.6 Å². The molecule has 138 valence electrons. The molecule has 7 nitrogen and oxygen atoms in total. The first-order valence-corrected chi connectivity index (χ1v) is 8.67. The average molecular weight is 457 g/mol. The van der Waals surface area contributed by atoms with Crippen molar-refractivity contribution in [3.8, 4) is 0 Å². The zero-order chi connectivity index (χ0) is 16.8. The summed E-state index contributed by atoms with van der Waals surface area (Å²) in [6, 6.07) is 1.84. The van der Waals surface area contributed by atoms with Crippen LogP contribution in [0.25, 0.3) is 0 Å². The van der Waals surface area contributed by atoms with Crippen LogP contribution in [-0.4, -0.2) is 78.1 Å². The van der Waals surface area contributed by atoms with Gasteiger partial charge in [0.15, 0.2) is 5.96 Å². The van der Waals surface area contributed by atoms with Gasteiger partial charge in [-0.1, -0.05) is 11.6 Å². The van der Waals surface area contributed by atoms with E-state index in [-0.39, 0.29) is 24.0 Å². The number of nitrogens with zero attached hydrogens (tertiary/aromatic N) is 6. The molecule has 1 aromatic heterocycles. The minimum absolute atomic E-state index is 0. The Balaban J connectivity index is 0.00000225. The van der Waals surface area contributed by atoms with Crippen molar-refractivity contribution in [1.29, 1.82) is 0 Å². The molecule has 2 N–H and O–H groups in total. The zero-order valence-corrected chi connectivity index (χ0v) is 17.2. The smallest absolute Gasteiger partial charge is 0.225 e. The highest BCUT2D eigenvalue weighted by Gasteiger charge is 2.19. The summed E-state index contributed by atoms with van der Waals surface area (Å²) in [6.07, 6.45) is 7.04. The van der Waals surface area contributed by atoms with Crippen LogP contribution in [0.4, 0.5) is 5.95 Å². The maximum Gasteiger partial charge on any atom is 0.225 e. The van der Waals surface area contributed by atoms with Crippen LogP contribution in [-0.2, 0) is 0 Å². The summed E-state index contributed by atoms with van der Waals surface area (Å²) >= 11 is 0. The Hall–Kier alpha value is -1.42. The average Bonchev–Trinajstić information content (AvgIpc) is 2.64. The maximum atomic E-state index is 6.17. The molecular formula is C17H28IN7. The van der Waals surface area contributed by atoms with E-state index in [1.807, 2.05) is 6.07 Å². The Morgan fingerprint density at radius 3 is 2.52 bits per heavy atom. The molecule has 0 unspecified atom stereocenters. The third kappa shape index (κ3) is 5.81. The summed E-state index contributed by atoms with van der Waals surface area (Å²) in [4.78, 5) is 19.9.